The number of rotatable bonds is 3. The highest BCUT2D eigenvalue weighted by atomic mass is 16.5. The van der Waals surface area contributed by atoms with E-state index in [1.165, 1.54) is 5.56 Å². The molecule has 0 aliphatic heterocycles. The zero-order valence-electron chi connectivity index (χ0n) is 9.87. The van der Waals surface area contributed by atoms with E-state index >= 15 is 0 Å². The van der Waals surface area contributed by atoms with Crippen LogP contribution >= 0.6 is 0 Å². The van der Waals surface area contributed by atoms with Gasteiger partial charge in [-0.3, -0.25) is 0 Å². The average molecular weight is 219 g/mol. The maximum absolute atomic E-state index is 5.28. The lowest BCUT2D eigenvalue weighted by Crippen LogP contribution is -2.09. The van der Waals surface area contributed by atoms with Crippen molar-refractivity contribution in [3.63, 3.8) is 0 Å². The van der Waals surface area contributed by atoms with E-state index in [4.69, 9.17) is 4.52 Å². The number of hydrogen-bond acceptors (Lipinski definition) is 3. The first kappa shape index (κ1) is 10.8. The molecule has 2 aromatic rings. The van der Waals surface area contributed by atoms with Gasteiger partial charge in [0.25, 0.3) is 0 Å². The van der Waals surface area contributed by atoms with Crippen molar-refractivity contribution in [2.45, 2.75) is 32.7 Å². The van der Waals surface area contributed by atoms with Crippen LogP contribution in [0.1, 0.15) is 32.1 Å². The molecule has 0 bridgehead atoms. The predicted molar refractivity (Wildman–Crippen MR) is 63.3 cm³/mol. The van der Waals surface area contributed by atoms with Gasteiger partial charge in [-0.1, -0.05) is 25.9 Å². The molecule has 2 N–H and O–H groups in total. The van der Waals surface area contributed by atoms with Crippen molar-refractivity contribution in [2.24, 2.45) is 0 Å². The Balaban J connectivity index is 1.98. The second-order valence-electron chi connectivity index (χ2n) is 4.90. The van der Waals surface area contributed by atoms with Crippen molar-refractivity contribution in [2.75, 3.05) is 5.32 Å². The number of aromatic amines is 1. The minimum atomic E-state index is 0.00101. The Morgan fingerprint density at radius 2 is 2.25 bits per heavy atom. The molecule has 4 heteroatoms. The lowest BCUT2D eigenvalue weighted by atomic mass is 9.93. The van der Waals surface area contributed by atoms with Crippen LogP contribution in [-0.2, 0) is 12.0 Å². The Labute approximate surface area is 95.0 Å². The Hall–Kier alpha value is -1.71. The van der Waals surface area contributed by atoms with Crippen LogP contribution in [0.15, 0.2) is 29.0 Å². The van der Waals surface area contributed by atoms with Gasteiger partial charge >= 0.3 is 0 Å². The molecule has 0 fully saturated rings. The molecule has 0 spiro atoms. The first-order valence-corrected chi connectivity index (χ1v) is 5.38. The van der Waals surface area contributed by atoms with Gasteiger partial charge in [0.1, 0.15) is 5.76 Å². The molecule has 86 valence electrons. The summed E-state index contributed by atoms with van der Waals surface area (Å²) < 4.78 is 5.28. The van der Waals surface area contributed by atoms with E-state index in [0.717, 1.165) is 18.1 Å². The van der Waals surface area contributed by atoms with Crippen LogP contribution in [0.5, 0.6) is 0 Å². The van der Waals surface area contributed by atoms with Gasteiger partial charge in [-0.05, 0) is 11.6 Å². The molecule has 0 aliphatic rings. The van der Waals surface area contributed by atoms with Crippen molar-refractivity contribution in [3.05, 3.63) is 35.9 Å². The molecule has 2 heterocycles. The first-order valence-electron chi connectivity index (χ1n) is 5.38. The Kier molecular flexibility index (Phi) is 2.73. The third-order valence-electron chi connectivity index (χ3n) is 2.39. The van der Waals surface area contributed by atoms with Crippen LogP contribution in [0.2, 0.25) is 0 Å². The van der Waals surface area contributed by atoms with Crippen molar-refractivity contribution in [3.8, 4) is 0 Å². The lowest BCUT2D eigenvalue weighted by molar-refractivity contribution is 0.330. The van der Waals surface area contributed by atoms with Crippen molar-refractivity contribution >= 4 is 5.82 Å². The SMILES string of the molecule is CC(C)(C)c1cc(NCc2cc[nH]c2)no1. The molecule has 0 atom stereocenters. The number of anilines is 1. The lowest BCUT2D eigenvalue weighted by Gasteiger charge is -2.12. The predicted octanol–water partition coefficient (Wildman–Crippen LogP) is 2.91. The monoisotopic (exact) mass is 219 g/mol. The van der Waals surface area contributed by atoms with Crippen LogP contribution in [0.25, 0.3) is 0 Å². The summed E-state index contributed by atoms with van der Waals surface area (Å²) in [5.41, 5.74) is 1.20. The maximum Gasteiger partial charge on any atom is 0.169 e. The van der Waals surface area contributed by atoms with Gasteiger partial charge < -0.3 is 14.8 Å². The van der Waals surface area contributed by atoms with Crippen LogP contribution in [0, 0.1) is 0 Å². The molecule has 0 aliphatic carbocycles. The Morgan fingerprint density at radius 3 is 2.81 bits per heavy atom. The summed E-state index contributed by atoms with van der Waals surface area (Å²) in [6.45, 7) is 7.05. The second kappa shape index (κ2) is 4.04. The van der Waals surface area contributed by atoms with Crippen LogP contribution in [0.4, 0.5) is 5.82 Å². The highest BCUT2D eigenvalue weighted by Gasteiger charge is 2.19. The molecule has 0 amide bonds. The molecule has 0 saturated carbocycles. The van der Waals surface area contributed by atoms with E-state index in [0.29, 0.717) is 0 Å². The fourth-order valence-electron chi connectivity index (χ4n) is 1.37. The molecule has 0 radical (unpaired) electrons. The molecule has 2 rings (SSSR count). The minimum Gasteiger partial charge on any atom is -0.367 e. The molecule has 0 saturated heterocycles. The fourth-order valence-corrected chi connectivity index (χ4v) is 1.37. The fraction of sp³-hybridized carbons (Fsp3) is 0.417. The van der Waals surface area contributed by atoms with Gasteiger partial charge in [0.2, 0.25) is 0 Å². The van der Waals surface area contributed by atoms with Gasteiger partial charge in [-0.15, -0.1) is 0 Å². The highest BCUT2D eigenvalue weighted by molar-refractivity contribution is 5.36. The number of H-pyrrole nitrogens is 1. The first-order chi connectivity index (χ1) is 7.55. The summed E-state index contributed by atoms with van der Waals surface area (Å²) in [6.07, 6.45) is 3.86. The molecule has 0 unspecified atom stereocenters. The molecular formula is C12H17N3O. The maximum atomic E-state index is 5.28. The van der Waals surface area contributed by atoms with Crippen LogP contribution in [-0.4, -0.2) is 10.1 Å². The van der Waals surface area contributed by atoms with Gasteiger partial charge in [-0.2, -0.15) is 0 Å². The third kappa shape index (κ3) is 2.45. The van der Waals surface area contributed by atoms with Crippen molar-refractivity contribution in [1.29, 1.82) is 0 Å². The van der Waals surface area contributed by atoms with E-state index in [1.54, 1.807) is 0 Å². The molecule has 16 heavy (non-hydrogen) atoms. The summed E-state index contributed by atoms with van der Waals surface area (Å²) in [4.78, 5) is 3.01. The quantitative estimate of drug-likeness (QED) is 0.834. The average Bonchev–Trinajstić information content (AvgIpc) is 2.85. The molecule has 2 aromatic heterocycles. The van der Waals surface area contributed by atoms with Gasteiger partial charge in [0.05, 0.1) is 0 Å². The van der Waals surface area contributed by atoms with Gasteiger partial charge in [0, 0.05) is 30.4 Å². The summed E-state index contributed by atoms with van der Waals surface area (Å²) >= 11 is 0. The Morgan fingerprint density at radius 1 is 1.44 bits per heavy atom. The Bertz CT molecular complexity index is 437. The van der Waals surface area contributed by atoms with Gasteiger partial charge in [0.15, 0.2) is 5.82 Å². The van der Waals surface area contributed by atoms with E-state index in [2.05, 4.69) is 36.2 Å². The topological polar surface area (TPSA) is 53.9 Å². The number of hydrogen-bond donors (Lipinski definition) is 2. The standard InChI is InChI=1S/C12H17N3O/c1-12(2,3)10-6-11(15-16-10)14-8-9-4-5-13-7-9/h4-7,13H,8H2,1-3H3,(H,14,15). The van der Waals surface area contributed by atoms with Crippen LogP contribution < -0.4 is 5.32 Å². The number of nitrogens with one attached hydrogen (secondary N) is 2. The molecular weight excluding hydrogens is 202 g/mol. The van der Waals surface area contributed by atoms with Crippen LogP contribution in [0.3, 0.4) is 0 Å². The number of aromatic nitrogens is 2. The zero-order valence-corrected chi connectivity index (χ0v) is 9.87. The summed E-state index contributed by atoms with van der Waals surface area (Å²) in [5, 5.41) is 7.20. The van der Waals surface area contributed by atoms with Gasteiger partial charge in [-0.25, -0.2) is 0 Å². The summed E-state index contributed by atoms with van der Waals surface area (Å²) in [5.74, 6) is 1.68. The smallest absolute Gasteiger partial charge is 0.169 e. The normalized spacial score (nSPS) is 11.7. The third-order valence-corrected chi connectivity index (χ3v) is 2.39. The minimum absolute atomic E-state index is 0.00101. The van der Waals surface area contributed by atoms with E-state index in [-0.39, 0.29) is 5.41 Å². The van der Waals surface area contributed by atoms with E-state index in [9.17, 15) is 0 Å². The summed E-state index contributed by atoms with van der Waals surface area (Å²) in [7, 11) is 0. The molecule has 4 nitrogen and oxygen atoms in total. The zero-order chi connectivity index (χ0) is 11.6. The van der Waals surface area contributed by atoms with E-state index in [1.807, 2.05) is 24.5 Å². The highest BCUT2D eigenvalue weighted by Crippen LogP contribution is 2.24. The molecule has 0 aromatic carbocycles. The van der Waals surface area contributed by atoms with Crippen molar-refractivity contribution in [1.82, 2.24) is 10.1 Å². The number of nitrogens with zero attached hydrogens (tertiary/aromatic N) is 1. The summed E-state index contributed by atoms with van der Waals surface area (Å²) in [6, 6.07) is 3.98. The largest absolute Gasteiger partial charge is 0.367 e. The van der Waals surface area contributed by atoms with Crippen molar-refractivity contribution < 1.29 is 4.52 Å². The van der Waals surface area contributed by atoms with E-state index < -0.39 is 0 Å². The second-order valence-corrected chi connectivity index (χ2v) is 4.90.